The number of hydrogen-bond acceptors (Lipinski definition) is 6. The number of halogens is 1. The molecule has 8 nitrogen and oxygen atoms in total. The lowest BCUT2D eigenvalue weighted by molar-refractivity contribution is -0.142. The van der Waals surface area contributed by atoms with E-state index in [9.17, 15) is 14.4 Å². The smallest absolute Gasteiger partial charge is 0.410 e. The highest BCUT2D eigenvalue weighted by atomic mass is 35.5. The number of cyclic esters (lactones) is 1. The van der Waals surface area contributed by atoms with Crippen LogP contribution < -0.4 is 5.32 Å². The van der Waals surface area contributed by atoms with Crippen LogP contribution in [0.4, 0.5) is 4.79 Å². The van der Waals surface area contributed by atoms with E-state index >= 15 is 0 Å². The highest BCUT2D eigenvalue weighted by Gasteiger charge is 2.31. The van der Waals surface area contributed by atoms with Gasteiger partial charge in [-0.3, -0.25) is 9.59 Å². The fraction of sp³-hybridized carbons (Fsp3) is 0.632. The summed E-state index contributed by atoms with van der Waals surface area (Å²) in [5, 5.41) is 2.78. The number of nitrogens with one attached hydrogen (secondary N) is 1. The summed E-state index contributed by atoms with van der Waals surface area (Å²) in [6, 6.07) is 3.35. The van der Waals surface area contributed by atoms with Gasteiger partial charge in [0.2, 0.25) is 5.91 Å². The third-order valence-corrected chi connectivity index (χ3v) is 6.16. The average Bonchev–Trinajstić information content (AvgIpc) is 3.29. The maximum Gasteiger partial charge on any atom is 0.410 e. The van der Waals surface area contributed by atoms with Gasteiger partial charge in [-0.25, -0.2) is 4.79 Å². The van der Waals surface area contributed by atoms with Gasteiger partial charge in [-0.05, 0) is 25.0 Å². The van der Waals surface area contributed by atoms with E-state index in [1.54, 1.807) is 17.0 Å². The van der Waals surface area contributed by atoms with Crippen molar-refractivity contribution >= 4 is 40.8 Å². The second-order valence-electron chi connectivity index (χ2n) is 7.11. The van der Waals surface area contributed by atoms with E-state index in [4.69, 9.17) is 21.1 Å². The van der Waals surface area contributed by atoms with Gasteiger partial charge in [0.25, 0.3) is 5.91 Å². The topological polar surface area (TPSA) is 88.2 Å². The van der Waals surface area contributed by atoms with Crippen molar-refractivity contribution in [2.45, 2.75) is 31.8 Å². The maximum absolute atomic E-state index is 12.0. The Balaban J connectivity index is 1.26. The van der Waals surface area contributed by atoms with E-state index in [0.29, 0.717) is 35.5 Å². The van der Waals surface area contributed by atoms with Crippen LogP contribution >= 0.6 is 22.9 Å². The summed E-state index contributed by atoms with van der Waals surface area (Å²) < 4.78 is 11.0. The molecule has 1 atom stereocenters. The van der Waals surface area contributed by atoms with Crippen molar-refractivity contribution in [1.82, 2.24) is 15.1 Å². The van der Waals surface area contributed by atoms with Crippen LogP contribution in [-0.4, -0.2) is 79.7 Å². The normalized spacial score (nSPS) is 19.6. The van der Waals surface area contributed by atoms with Gasteiger partial charge in [-0.15, -0.1) is 11.3 Å². The van der Waals surface area contributed by atoms with E-state index in [0.717, 1.165) is 32.2 Å². The summed E-state index contributed by atoms with van der Waals surface area (Å²) in [4.78, 5) is 39.7. The Labute approximate surface area is 179 Å². The number of nitrogens with zero attached hydrogens (tertiary/aromatic N) is 2. The molecule has 2 aliphatic rings. The zero-order valence-electron chi connectivity index (χ0n) is 16.2. The number of amides is 3. The van der Waals surface area contributed by atoms with E-state index in [2.05, 4.69) is 5.32 Å². The van der Waals surface area contributed by atoms with Crippen molar-refractivity contribution in [2.75, 3.05) is 45.9 Å². The SMILES string of the molecule is O=C(NCC1CN(CCCCCCN2CCOCC2=O)C(=O)O1)c1ccc(Cl)s1. The molecule has 3 rings (SSSR count). The molecule has 0 saturated carbocycles. The molecule has 2 saturated heterocycles. The lowest BCUT2D eigenvalue weighted by atomic mass is 10.1. The zero-order chi connectivity index (χ0) is 20.6. The van der Waals surface area contributed by atoms with Crippen LogP contribution in [0.25, 0.3) is 0 Å². The van der Waals surface area contributed by atoms with Crippen molar-refractivity contribution in [2.24, 2.45) is 0 Å². The number of rotatable bonds is 10. The lowest BCUT2D eigenvalue weighted by Crippen LogP contribution is -2.41. The molecule has 0 aromatic carbocycles. The molecule has 1 aromatic heterocycles. The second kappa shape index (κ2) is 10.8. The summed E-state index contributed by atoms with van der Waals surface area (Å²) >= 11 is 7.05. The van der Waals surface area contributed by atoms with E-state index in [1.165, 1.54) is 11.3 Å². The molecular formula is C19H26ClN3O5S. The first kappa shape index (κ1) is 21.9. The highest BCUT2D eigenvalue weighted by molar-refractivity contribution is 7.17. The van der Waals surface area contributed by atoms with Crippen molar-refractivity contribution < 1.29 is 23.9 Å². The van der Waals surface area contributed by atoms with Gasteiger partial charge >= 0.3 is 6.09 Å². The Morgan fingerprint density at radius 1 is 1.17 bits per heavy atom. The van der Waals surface area contributed by atoms with Gasteiger partial charge < -0.3 is 24.6 Å². The predicted molar refractivity (Wildman–Crippen MR) is 109 cm³/mol. The fourth-order valence-corrected chi connectivity index (χ4v) is 4.30. The molecule has 0 radical (unpaired) electrons. The van der Waals surface area contributed by atoms with Crippen LogP contribution in [-0.2, 0) is 14.3 Å². The average molecular weight is 444 g/mol. The molecule has 0 bridgehead atoms. The molecular weight excluding hydrogens is 418 g/mol. The standard InChI is InChI=1S/C19H26ClN3O5S/c20-16-6-5-15(29-16)18(25)21-11-14-12-23(19(26)28-14)8-4-2-1-3-7-22-9-10-27-13-17(22)24/h5-6,14H,1-4,7-13H2,(H,21,25). The van der Waals surface area contributed by atoms with E-state index < -0.39 is 0 Å². The first-order valence-electron chi connectivity index (χ1n) is 9.87. The van der Waals surface area contributed by atoms with Crippen LogP contribution in [0.1, 0.15) is 35.4 Å². The van der Waals surface area contributed by atoms with Crippen LogP contribution in [0.2, 0.25) is 4.34 Å². The first-order valence-corrected chi connectivity index (χ1v) is 11.1. The summed E-state index contributed by atoms with van der Waals surface area (Å²) in [5.41, 5.74) is 0. The maximum atomic E-state index is 12.0. The Morgan fingerprint density at radius 3 is 2.62 bits per heavy atom. The van der Waals surface area contributed by atoms with Gasteiger partial charge in [0, 0.05) is 19.6 Å². The minimum atomic E-state index is -0.339. The predicted octanol–water partition coefficient (Wildman–Crippen LogP) is 2.37. The summed E-state index contributed by atoms with van der Waals surface area (Å²) in [6.07, 6.45) is 3.17. The van der Waals surface area contributed by atoms with Crippen LogP contribution in [0.5, 0.6) is 0 Å². The fourth-order valence-electron chi connectivity index (χ4n) is 3.34. The Bertz CT molecular complexity index is 728. The minimum Gasteiger partial charge on any atom is -0.442 e. The molecule has 160 valence electrons. The summed E-state index contributed by atoms with van der Waals surface area (Å²) in [6.45, 7) is 3.66. The van der Waals surface area contributed by atoms with Crippen molar-refractivity contribution in [3.05, 3.63) is 21.3 Å². The molecule has 2 aliphatic heterocycles. The van der Waals surface area contributed by atoms with Crippen molar-refractivity contribution in [3.63, 3.8) is 0 Å². The second-order valence-corrected chi connectivity index (χ2v) is 8.83. The Morgan fingerprint density at radius 2 is 1.93 bits per heavy atom. The van der Waals surface area contributed by atoms with Crippen molar-refractivity contribution in [3.8, 4) is 0 Å². The van der Waals surface area contributed by atoms with Gasteiger partial charge in [0.1, 0.15) is 12.7 Å². The number of ether oxygens (including phenoxy) is 2. The number of carbonyl (C=O) groups is 3. The molecule has 2 fully saturated rings. The molecule has 3 heterocycles. The summed E-state index contributed by atoms with van der Waals surface area (Å²) in [5.74, 6) is -0.147. The zero-order valence-corrected chi connectivity index (χ0v) is 17.8. The molecule has 0 aliphatic carbocycles. The molecule has 3 amide bonds. The quantitative estimate of drug-likeness (QED) is 0.561. The monoisotopic (exact) mass is 443 g/mol. The molecule has 29 heavy (non-hydrogen) atoms. The largest absolute Gasteiger partial charge is 0.442 e. The first-order chi connectivity index (χ1) is 14.0. The third kappa shape index (κ3) is 6.58. The van der Waals surface area contributed by atoms with Gasteiger partial charge in [0.05, 0.1) is 28.9 Å². The van der Waals surface area contributed by atoms with Crippen LogP contribution in [0.15, 0.2) is 12.1 Å². The van der Waals surface area contributed by atoms with Gasteiger partial charge in [0.15, 0.2) is 0 Å². The number of morpholine rings is 1. The molecule has 1 aromatic rings. The highest BCUT2D eigenvalue weighted by Crippen LogP contribution is 2.21. The van der Waals surface area contributed by atoms with E-state index in [1.807, 2.05) is 4.90 Å². The molecule has 0 spiro atoms. The third-order valence-electron chi connectivity index (χ3n) is 4.93. The van der Waals surface area contributed by atoms with Gasteiger partial charge in [-0.2, -0.15) is 0 Å². The van der Waals surface area contributed by atoms with E-state index in [-0.39, 0.29) is 37.2 Å². The van der Waals surface area contributed by atoms with Crippen LogP contribution in [0.3, 0.4) is 0 Å². The number of unbranched alkanes of at least 4 members (excludes halogenated alkanes) is 3. The number of hydrogen-bond donors (Lipinski definition) is 1. The van der Waals surface area contributed by atoms with Gasteiger partial charge in [-0.1, -0.05) is 24.4 Å². The minimum absolute atomic E-state index is 0.0661. The summed E-state index contributed by atoms with van der Waals surface area (Å²) in [7, 11) is 0. The molecule has 1 N–H and O–H groups in total. The Hall–Kier alpha value is -1.84. The molecule has 10 heteroatoms. The number of thiophene rings is 1. The lowest BCUT2D eigenvalue weighted by Gasteiger charge is -2.26. The van der Waals surface area contributed by atoms with Crippen molar-refractivity contribution in [1.29, 1.82) is 0 Å². The Kier molecular flexibility index (Phi) is 8.14. The van der Waals surface area contributed by atoms with Crippen LogP contribution in [0, 0.1) is 0 Å². The molecule has 1 unspecified atom stereocenters. The number of carbonyl (C=O) groups excluding carboxylic acids is 3.